The molecule has 1 fully saturated rings. The number of ketones is 1. The Labute approximate surface area is 198 Å². The van der Waals surface area contributed by atoms with E-state index in [0.29, 0.717) is 5.56 Å². The molecule has 0 amide bonds. The lowest BCUT2D eigenvalue weighted by Crippen LogP contribution is -2.51. The number of aromatic nitrogens is 1. The smallest absolute Gasteiger partial charge is 0.313 e. The van der Waals surface area contributed by atoms with Gasteiger partial charge in [-0.25, -0.2) is 8.78 Å². The van der Waals surface area contributed by atoms with Crippen LogP contribution < -0.4 is 4.74 Å². The van der Waals surface area contributed by atoms with Gasteiger partial charge in [0, 0.05) is 23.4 Å². The number of benzene rings is 2. The highest BCUT2D eigenvalue weighted by Crippen LogP contribution is 2.64. The molecule has 2 aromatic carbocycles. The zero-order valence-corrected chi connectivity index (χ0v) is 18.5. The Morgan fingerprint density at radius 2 is 1.85 bits per heavy atom. The molecule has 0 radical (unpaired) electrons. The van der Waals surface area contributed by atoms with Gasteiger partial charge in [-0.05, 0) is 5.56 Å². The van der Waals surface area contributed by atoms with E-state index in [0.717, 1.165) is 7.11 Å². The molecule has 1 aromatic heterocycles. The molecule has 6 nitrogen and oxygen atoms in total. The molecule has 2 heterocycles. The standard InChI is InChI=1S/C25H18ClF2NO5/c1-33-22(30)19-18(13-5-3-2-4-6-13)25(15-9-7-14(8-10-15)21(27)28)23(31)24(19,32)20-17(34-25)11-16(26)12-29-20/h2-12,18-19,21,32H,1H3/t18?,19-,24+,25+/m0/s1. The van der Waals surface area contributed by atoms with Gasteiger partial charge in [0.15, 0.2) is 5.60 Å². The quantitative estimate of drug-likeness (QED) is 0.554. The molecule has 2 aliphatic rings. The van der Waals surface area contributed by atoms with Gasteiger partial charge in [-0.3, -0.25) is 14.6 Å². The number of fused-ring (bicyclic) bond motifs is 4. The van der Waals surface area contributed by atoms with Gasteiger partial charge in [0.05, 0.1) is 18.1 Å². The van der Waals surface area contributed by atoms with Crippen LogP contribution >= 0.6 is 11.6 Å². The number of esters is 1. The van der Waals surface area contributed by atoms with Crippen LogP contribution in [0.4, 0.5) is 8.78 Å². The van der Waals surface area contributed by atoms with E-state index in [4.69, 9.17) is 21.1 Å². The first-order valence-corrected chi connectivity index (χ1v) is 10.8. The van der Waals surface area contributed by atoms with Crippen LogP contribution in [0.25, 0.3) is 0 Å². The van der Waals surface area contributed by atoms with E-state index in [9.17, 15) is 23.5 Å². The van der Waals surface area contributed by atoms with Gasteiger partial charge in [-0.1, -0.05) is 66.2 Å². The molecule has 174 valence electrons. The Balaban J connectivity index is 1.86. The van der Waals surface area contributed by atoms with Crippen LogP contribution in [0.3, 0.4) is 0 Å². The van der Waals surface area contributed by atoms with Crippen molar-refractivity contribution < 1.29 is 33.0 Å². The first kappa shape index (κ1) is 22.4. The number of ether oxygens (including phenoxy) is 2. The van der Waals surface area contributed by atoms with Gasteiger partial charge in [-0.2, -0.15) is 0 Å². The molecular weight excluding hydrogens is 468 g/mol. The van der Waals surface area contributed by atoms with Crippen LogP contribution in [0.1, 0.15) is 34.7 Å². The molecule has 0 spiro atoms. The van der Waals surface area contributed by atoms with Crippen molar-refractivity contribution in [3.05, 3.63) is 94.3 Å². The highest BCUT2D eigenvalue weighted by Gasteiger charge is 2.77. The number of pyridine rings is 1. The lowest BCUT2D eigenvalue weighted by Gasteiger charge is -2.38. The van der Waals surface area contributed by atoms with E-state index < -0.39 is 41.2 Å². The average Bonchev–Trinajstić information content (AvgIpc) is 2.97. The number of methoxy groups -OCH3 is 1. The third kappa shape index (κ3) is 2.91. The topological polar surface area (TPSA) is 85.7 Å². The summed E-state index contributed by atoms with van der Waals surface area (Å²) in [5.41, 5.74) is -4.04. The zero-order chi connectivity index (χ0) is 24.3. The minimum absolute atomic E-state index is 0.0138. The van der Waals surface area contributed by atoms with Crippen LogP contribution in [0.2, 0.25) is 5.02 Å². The lowest BCUT2D eigenvalue weighted by atomic mass is 9.75. The van der Waals surface area contributed by atoms with Crippen LogP contribution in [0.15, 0.2) is 66.9 Å². The van der Waals surface area contributed by atoms with E-state index in [1.807, 2.05) is 0 Å². The number of alkyl halides is 2. The third-order valence-corrected chi connectivity index (χ3v) is 6.77. The minimum atomic E-state index is -2.72. The summed E-state index contributed by atoms with van der Waals surface area (Å²) in [6, 6.07) is 15.0. The Kier molecular flexibility index (Phi) is 5.18. The molecule has 1 N–H and O–H groups in total. The summed E-state index contributed by atoms with van der Waals surface area (Å²) in [6.07, 6.45) is -1.48. The summed E-state index contributed by atoms with van der Waals surface area (Å²) in [5, 5.41) is 12.1. The number of halogens is 3. The van der Waals surface area contributed by atoms with Crippen LogP contribution in [-0.2, 0) is 25.5 Å². The molecule has 5 rings (SSSR count). The SMILES string of the molecule is COC(=O)[C@@H]1C(c2ccccc2)[C@@]2(c3ccc(C(F)F)cc3)Oc3cc(Cl)cnc3[C@@]1(O)C2=O. The maximum atomic E-state index is 14.1. The number of hydrogen-bond donors (Lipinski definition) is 1. The Hall–Kier alpha value is -3.36. The number of carbonyl (C=O) groups is 2. The van der Waals surface area contributed by atoms with Crippen molar-refractivity contribution in [1.29, 1.82) is 0 Å². The second-order valence-electron chi connectivity index (χ2n) is 8.25. The number of rotatable bonds is 4. The Morgan fingerprint density at radius 3 is 2.47 bits per heavy atom. The molecule has 1 aliphatic carbocycles. The van der Waals surface area contributed by atoms with Crippen molar-refractivity contribution >= 4 is 23.4 Å². The molecule has 4 atom stereocenters. The maximum Gasteiger partial charge on any atom is 0.313 e. The van der Waals surface area contributed by atoms with Crippen molar-refractivity contribution in [2.24, 2.45) is 5.92 Å². The highest BCUT2D eigenvalue weighted by atomic mass is 35.5. The summed E-state index contributed by atoms with van der Waals surface area (Å²) >= 11 is 6.12. The van der Waals surface area contributed by atoms with Gasteiger partial charge in [0.1, 0.15) is 17.4 Å². The first-order chi connectivity index (χ1) is 16.2. The number of nitrogens with zero attached hydrogens (tertiary/aromatic N) is 1. The molecule has 1 saturated carbocycles. The molecule has 34 heavy (non-hydrogen) atoms. The molecule has 2 bridgehead atoms. The molecule has 1 aliphatic heterocycles. The number of Topliss-reactive ketones (excluding diaryl/α,β-unsaturated/α-hetero) is 1. The summed E-state index contributed by atoms with van der Waals surface area (Å²) in [6.45, 7) is 0. The molecule has 0 saturated heterocycles. The number of carbonyl (C=O) groups excluding carboxylic acids is 2. The predicted octanol–water partition coefficient (Wildman–Crippen LogP) is 4.30. The Morgan fingerprint density at radius 1 is 1.18 bits per heavy atom. The van der Waals surface area contributed by atoms with Crippen molar-refractivity contribution in [2.75, 3.05) is 7.11 Å². The van der Waals surface area contributed by atoms with E-state index in [2.05, 4.69) is 4.98 Å². The van der Waals surface area contributed by atoms with Crippen molar-refractivity contribution in [1.82, 2.24) is 4.98 Å². The van der Waals surface area contributed by atoms with Crippen LogP contribution in [0.5, 0.6) is 5.75 Å². The predicted molar refractivity (Wildman–Crippen MR) is 117 cm³/mol. The van der Waals surface area contributed by atoms with Crippen LogP contribution in [-0.4, -0.2) is 29.0 Å². The monoisotopic (exact) mass is 485 g/mol. The van der Waals surface area contributed by atoms with Gasteiger partial charge in [0.2, 0.25) is 11.4 Å². The van der Waals surface area contributed by atoms with Crippen molar-refractivity contribution in [3.63, 3.8) is 0 Å². The van der Waals surface area contributed by atoms with Crippen molar-refractivity contribution in [2.45, 2.75) is 23.5 Å². The van der Waals surface area contributed by atoms with Crippen LogP contribution in [0, 0.1) is 5.92 Å². The first-order valence-electron chi connectivity index (χ1n) is 10.4. The Bertz CT molecular complexity index is 1290. The number of aliphatic hydroxyl groups is 1. The second kappa shape index (κ2) is 7.85. The summed E-state index contributed by atoms with van der Waals surface area (Å²) in [7, 11) is 1.15. The van der Waals surface area contributed by atoms with Gasteiger partial charge in [0.25, 0.3) is 6.43 Å². The largest absolute Gasteiger partial charge is 0.472 e. The molecule has 3 aromatic rings. The highest BCUT2D eigenvalue weighted by molar-refractivity contribution is 6.30. The van der Waals surface area contributed by atoms with E-state index in [1.54, 1.807) is 30.3 Å². The normalized spacial score (nSPS) is 27.3. The molecule has 9 heteroatoms. The summed E-state index contributed by atoms with van der Waals surface area (Å²) in [4.78, 5) is 31.4. The summed E-state index contributed by atoms with van der Waals surface area (Å²) in [5.74, 6) is -4.17. The lowest BCUT2D eigenvalue weighted by molar-refractivity contribution is -0.163. The minimum Gasteiger partial charge on any atom is -0.472 e. The van der Waals surface area contributed by atoms with E-state index in [1.165, 1.54) is 36.5 Å². The summed E-state index contributed by atoms with van der Waals surface area (Å²) < 4.78 is 37.8. The molecular formula is C25H18ClF2NO5. The zero-order valence-electron chi connectivity index (χ0n) is 17.7. The van der Waals surface area contributed by atoms with E-state index in [-0.39, 0.29) is 27.6 Å². The fourth-order valence-corrected chi connectivity index (χ4v) is 5.28. The molecule has 1 unspecified atom stereocenters. The van der Waals surface area contributed by atoms with Gasteiger partial charge >= 0.3 is 5.97 Å². The fraction of sp³-hybridized carbons (Fsp3) is 0.240. The second-order valence-corrected chi connectivity index (χ2v) is 8.68. The third-order valence-electron chi connectivity index (χ3n) is 6.56. The average molecular weight is 486 g/mol. The van der Waals surface area contributed by atoms with Crippen molar-refractivity contribution in [3.8, 4) is 5.75 Å². The van der Waals surface area contributed by atoms with Gasteiger partial charge < -0.3 is 14.6 Å². The van der Waals surface area contributed by atoms with Gasteiger partial charge in [-0.15, -0.1) is 0 Å². The fourth-order valence-electron chi connectivity index (χ4n) is 5.13. The van der Waals surface area contributed by atoms with E-state index >= 15 is 0 Å². The number of hydrogen-bond acceptors (Lipinski definition) is 6. The maximum absolute atomic E-state index is 14.1.